The van der Waals surface area contributed by atoms with Crippen molar-refractivity contribution in [3.05, 3.63) is 60.7 Å². The molecular weight excluding hydrogens is 398 g/mol. The Hall–Kier alpha value is -2.53. The molecule has 2 aromatic carbocycles. The lowest BCUT2D eigenvalue weighted by molar-refractivity contribution is -0.129. The van der Waals surface area contributed by atoms with E-state index in [4.69, 9.17) is 4.74 Å². The molecule has 1 saturated heterocycles. The maximum Gasteiger partial charge on any atom is 0.219 e. The summed E-state index contributed by atoms with van der Waals surface area (Å²) in [6, 6.07) is 20.3. The highest BCUT2D eigenvalue weighted by atomic mass is 16.5. The molecule has 0 aliphatic carbocycles. The molecule has 1 amide bonds. The van der Waals surface area contributed by atoms with Crippen LogP contribution >= 0.6 is 0 Å². The van der Waals surface area contributed by atoms with E-state index in [0.29, 0.717) is 0 Å². The number of nitrogens with zero attached hydrogens (tertiary/aromatic N) is 3. The number of ether oxygens (including phenoxy) is 1. The van der Waals surface area contributed by atoms with Crippen LogP contribution in [0.25, 0.3) is 0 Å². The number of piperazine rings is 1. The first-order chi connectivity index (χ1) is 15.6. The maximum absolute atomic E-state index is 11.1. The Kier molecular flexibility index (Phi) is 17.7. The number of rotatable bonds is 6. The standard InChI is InChI=1S/C12H16N2O.C11H17NO.2C2H6/c1-11(15)13-7-9-14(10-8-13)12-5-3-2-4-6-12;1-12(2)9-6-10-13-11-7-4-3-5-8-11;2*1-2/h2-6H,7-10H2,1H3;3-5,7-8H,6,9-10H2,1-2H3;2*1-2H3. The van der Waals surface area contributed by atoms with Crippen molar-refractivity contribution in [2.45, 2.75) is 41.0 Å². The van der Waals surface area contributed by atoms with Gasteiger partial charge < -0.3 is 19.4 Å². The smallest absolute Gasteiger partial charge is 0.219 e. The highest BCUT2D eigenvalue weighted by Gasteiger charge is 2.18. The van der Waals surface area contributed by atoms with Gasteiger partial charge in [-0.3, -0.25) is 4.79 Å². The van der Waals surface area contributed by atoms with E-state index < -0.39 is 0 Å². The molecule has 0 atom stereocenters. The molecule has 2 aromatic rings. The lowest BCUT2D eigenvalue weighted by Gasteiger charge is -2.35. The number of para-hydroxylation sites is 2. The van der Waals surface area contributed by atoms with Gasteiger partial charge in [-0.2, -0.15) is 0 Å². The number of anilines is 1. The first kappa shape index (κ1) is 29.5. The van der Waals surface area contributed by atoms with Crippen LogP contribution in [0.5, 0.6) is 5.75 Å². The lowest BCUT2D eigenvalue weighted by atomic mass is 10.2. The number of carbonyl (C=O) groups excluding carboxylic acids is 1. The van der Waals surface area contributed by atoms with Crippen LogP contribution in [0.2, 0.25) is 0 Å². The second-order valence-electron chi connectivity index (χ2n) is 7.15. The molecule has 1 aliphatic rings. The van der Waals surface area contributed by atoms with Gasteiger partial charge >= 0.3 is 0 Å². The molecule has 3 rings (SSSR count). The molecule has 0 radical (unpaired) electrons. The molecule has 0 spiro atoms. The third kappa shape index (κ3) is 13.0. The fourth-order valence-corrected chi connectivity index (χ4v) is 3.01. The number of carbonyl (C=O) groups is 1. The zero-order valence-electron chi connectivity index (χ0n) is 21.4. The molecule has 32 heavy (non-hydrogen) atoms. The summed E-state index contributed by atoms with van der Waals surface area (Å²) >= 11 is 0. The summed E-state index contributed by atoms with van der Waals surface area (Å²) in [5, 5.41) is 0. The van der Waals surface area contributed by atoms with Gasteiger partial charge in [0.1, 0.15) is 5.75 Å². The highest BCUT2D eigenvalue weighted by molar-refractivity contribution is 5.73. The Labute approximate surface area is 197 Å². The second-order valence-corrected chi connectivity index (χ2v) is 7.15. The van der Waals surface area contributed by atoms with Crippen molar-refractivity contribution in [2.24, 2.45) is 0 Å². The van der Waals surface area contributed by atoms with Gasteiger partial charge in [0.25, 0.3) is 0 Å². The predicted molar refractivity (Wildman–Crippen MR) is 139 cm³/mol. The quantitative estimate of drug-likeness (QED) is 0.558. The SMILES string of the molecule is CC.CC.CC(=O)N1CCN(c2ccccc2)CC1.CN(C)CCCOc1ccccc1. The Bertz CT molecular complexity index is 670. The number of benzene rings is 2. The summed E-state index contributed by atoms with van der Waals surface area (Å²) in [6.07, 6.45) is 1.07. The predicted octanol–water partition coefficient (Wildman–Crippen LogP) is 5.42. The topological polar surface area (TPSA) is 36.0 Å². The average Bonchev–Trinajstić information content (AvgIpc) is 2.86. The van der Waals surface area contributed by atoms with Gasteiger partial charge in [-0.1, -0.05) is 64.1 Å². The molecule has 0 bridgehead atoms. The number of hydrogen-bond donors (Lipinski definition) is 0. The molecule has 1 fully saturated rings. The Morgan fingerprint density at radius 3 is 1.81 bits per heavy atom. The van der Waals surface area contributed by atoms with Crippen molar-refractivity contribution in [1.82, 2.24) is 9.80 Å². The van der Waals surface area contributed by atoms with E-state index in [2.05, 4.69) is 36.0 Å². The van der Waals surface area contributed by atoms with Crippen molar-refractivity contribution in [3.8, 4) is 5.75 Å². The fraction of sp³-hybridized carbons (Fsp3) is 0.519. The third-order valence-electron chi connectivity index (χ3n) is 4.61. The van der Waals surface area contributed by atoms with Gasteiger partial charge in [-0.05, 0) is 44.8 Å². The van der Waals surface area contributed by atoms with Gasteiger partial charge in [-0.25, -0.2) is 0 Å². The molecule has 5 heteroatoms. The van der Waals surface area contributed by atoms with Gasteiger partial charge in [-0.15, -0.1) is 0 Å². The maximum atomic E-state index is 11.1. The van der Waals surface area contributed by atoms with Crippen molar-refractivity contribution in [3.63, 3.8) is 0 Å². The molecule has 1 heterocycles. The van der Waals surface area contributed by atoms with Crippen LogP contribution < -0.4 is 9.64 Å². The molecule has 180 valence electrons. The van der Waals surface area contributed by atoms with Crippen LogP contribution in [0.15, 0.2) is 60.7 Å². The Balaban J connectivity index is 0.000000525. The molecule has 5 nitrogen and oxygen atoms in total. The van der Waals surface area contributed by atoms with Crippen molar-refractivity contribution in [2.75, 3.05) is 58.3 Å². The third-order valence-corrected chi connectivity index (χ3v) is 4.61. The van der Waals surface area contributed by atoms with E-state index >= 15 is 0 Å². The lowest BCUT2D eigenvalue weighted by Crippen LogP contribution is -2.48. The van der Waals surface area contributed by atoms with Crippen LogP contribution in [-0.4, -0.2) is 69.1 Å². The van der Waals surface area contributed by atoms with E-state index in [-0.39, 0.29) is 5.91 Å². The summed E-state index contributed by atoms with van der Waals surface area (Å²) in [5.41, 5.74) is 1.25. The van der Waals surface area contributed by atoms with Gasteiger partial charge in [0.15, 0.2) is 0 Å². The molecular formula is C27H45N3O2. The minimum Gasteiger partial charge on any atom is -0.494 e. The molecule has 1 aliphatic heterocycles. The monoisotopic (exact) mass is 443 g/mol. The molecule has 0 aromatic heterocycles. The highest BCUT2D eigenvalue weighted by Crippen LogP contribution is 2.15. The average molecular weight is 444 g/mol. The van der Waals surface area contributed by atoms with E-state index in [1.54, 1.807) is 6.92 Å². The summed E-state index contributed by atoms with van der Waals surface area (Å²) in [7, 11) is 4.14. The van der Waals surface area contributed by atoms with Crippen molar-refractivity contribution < 1.29 is 9.53 Å². The van der Waals surface area contributed by atoms with E-state index in [1.807, 2.05) is 81.1 Å². The number of hydrogen-bond acceptors (Lipinski definition) is 4. The summed E-state index contributed by atoms with van der Waals surface area (Å²) in [5.74, 6) is 1.14. The molecule has 0 N–H and O–H groups in total. The van der Waals surface area contributed by atoms with E-state index in [1.165, 1.54) is 5.69 Å². The van der Waals surface area contributed by atoms with Crippen LogP contribution in [0.3, 0.4) is 0 Å². The fourth-order valence-electron chi connectivity index (χ4n) is 3.01. The Morgan fingerprint density at radius 1 is 0.844 bits per heavy atom. The first-order valence-electron chi connectivity index (χ1n) is 11.9. The minimum atomic E-state index is 0.183. The zero-order valence-corrected chi connectivity index (χ0v) is 21.4. The summed E-state index contributed by atoms with van der Waals surface area (Å²) in [6.45, 7) is 15.1. The van der Waals surface area contributed by atoms with Crippen molar-refractivity contribution in [1.29, 1.82) is 0 Å². The van der Waals surface area contributed by atoms with Crippen LogP contribution in [0.1, 0.15) is 41.0 Å². The number of amides is 1. The van der Waals surface area contributed by atoms with Crippen molar-refractivity contribution >= 4 is 11.6 Å². The normalized spacial score (nSPS) is 12.4. The van der Waals surface area contributed by atoms with Gasteiger partial charge in [0.2, 0.25) is 5.91 Å². The summed E-state index contributed by atoms with van der Waals surface area (Å²) in [4.78, 5) is 17.5. The van der Waals surface area contributed by atoms with E-state index in [0.717, 1.165) is 51.5 Å². The van der Waals surface area contributed by atoms with E-state index in [9.17, 15) is 4.79 Å². The van der Waals surface area contributed by atoms with Crippen LogP contribution in [-0.2, 0) is 4.79 Å². The second kappa shape index (κ2) is 19.2. The first-order valence-corrected chi connectivity index (χ1v) is 11.9. The molecule has 0 saturated carbocycles. The minimum absolute atomic E-state index is 0.183. The largest absolute Gasteiger partial charge is 0.494 e. The van der Waals surface area contributed by atoms with Crippen LogP contribution in [0.4, 0.5) is 5.69 Å². The van der Waals surface area contributed by atoms with Gasteiger partial charge in [0, 0.05) is 45.3 Å². The van der Waals surface area contributed by atoms with Gasteiger partial charge in [0.05, 0.1) is 6.61 Å². The Morgan fingerprint density at radius 2 is 1.34 bits per heavy atom. The van der Waals surface area contributed by atoms with Crippen LogP contribution in [0, 0.1) is 0 Å². The molecule has 0 unspecified atom stereocenters. The zero-order chi connectivity index (χ0) is 24.2. The summed E-state index contributed by atoms with van der Waals surface area (Å²) < 4.78 is 5.53.